The first-order valence-electron chi connectivity index (χ1n) is 4.89. The molecule has 3 nitrogen and oxygen atoms in total. The van der Waals surface area contributed by atoms with Crippen LogP contribution in [0, 0.1) is 13.8 Å². The second-order valence-corrected chi connectivity index (χ2v) is 3.88. The monoisotopic (exact) mass is 234 g/mol. The van der Waals surface area contributed by atoms with Gasteiger partial charge < -0.3 is 4.74 Å². The molecule has 0 spiro atoms. The van der Waals surface area contributed by atoms with Crippen molar-refractivity contribution >= 4 is 11.6 Å². The standard InChI is InChI=1S/C12H11ClN2O/c1-8-3-5-10(6-4-8)16-12-7-11(13)14-9(2)15-12/h3-7H,1-2H3. The predicted molar refractivity (Wildman–Crippen MR) is 63.0 cm³/mol. The second-order valence-electron chi connectivity index (χ2n) is 3.49. The zero-order valence-electron chi connectivity index (χ0n) is 9.07. The van der Waals surface area contributed by atoms with Gasteiger partial charge in [-0.15, -0.1) is 0 Å². The van der Waals surface area contributed by atoms with Gasteiger partial charge in [-0.2, -0.15) is 4.98 Å². The van der Waals surface area contributed by atoms with Crippen LogP contribution in [0.4, 0.5) is 0 Å². The van der Waals surface area contributed by atoms with E-state index in [2.05, 4.69) is 9.97 Å². The van der Waals surface area contributed by atoms with Crippen LogP contribution in [0.25, 0.3) is 0 Å². The number of benzene rings is 1. The van der Waals surface area contributed by atoms with Crippen molar-refractivity contribution in [3.8, 4) is 11.6 Å². The average Bonchev–Trinajstić information content (AvgIpc) is 2.20. The molecule has 2 rings (SSSR count). The predicted octanol–water partition coefficient (Wildman–Crippen LogP) is 3.54. The van der Waals surface area contributed by atoms with E-state index in [-0.39, 0.29) is 0 Å². The van der Waals surface area contributed by atoms with Crippen molar-refractivity contribution in [2.24, 2.45) is 0 Å². The molecule has 0 bridgehead atoms. The van der Waals surface area contributed by atoms with E-state index >= 15 is 0 Å². The molecule has 4 heteroatoms. The first kappa shape index (κ1) is 10.9. The molecule has 82 valence electrons. The molecular formula is C12H11ClN2O. The smallest absolute Gasteiger partial charge is 0.224 e. The van der Waals surface area contributed by atoms with E-state index in [0.717, 1.165) is 5.75 Å². The van der Waals surface area contributed by atoms with Crippen molar-refractivity contribution in [2.75, 3.05) is 0 Å². The van der Waals surface area contributed by atoms with Crippen molar-refractivity contribution in [3.05, 3.63) is 46.9 Å². The highest BCUT2D eigenvalue weighted by Crippen LogP contribution is 2.21. The van der Waals surface area contributed by atoms with Crippen molar-refractivity contribution in [3.63, 3.8) is 0 Å². The lowest BCUT2D eigenvalue weighted by Gasteiger charge is -2.05. The molecule has 0 atom stereocenters. The highest BCUT2D eigenvalue weighted by Gasteiger charge is 2.02. The van der Waals surface area contributed by atoms with Crippen LogP contribution in [0.15, 0.2) is 30.3 Å². The average molecular weight is 235 g/mol. The van der Waals surface area contributed by atoms with Crippen LogP contribution in [-0.4, -0.2) is 9.97 Å². The van der Waals surface area contributed by atoms with E-state index in [9.17, 15) is 0 Å². The summed E-state index contributed by atoms with van der Waals surface area (Å²) in [6.45, 7) is 3.80. The van der Waals surface area contributed by atoms with Gasteiger partial charge in [-0.1, -0.05) is 29.3 Å². The Labute approximate surface area is 99.1 Å². The maximum Gasteiger partial charge on any atom is 0.224 e. The summed E-state index contributed by atoms with van der Waals surface area (Å²) in [5.41, 5.74) is 1.18. The van der Waals surface area contributed by atoms with E-state index in [4.69, 9.17) is 16.3 Å². The quantitative estimate of drug-likeness (QED) is 0.746. The largest absolute Gasteiger partial charge is 0.439 e. The molecule has 2 aromatic rings. The normalized spacial score (nSPS) is 10.2. The molecule has 1 aromatic carbocycles. The zero-order chi connectivity index (χ0) is 11.5. The van der Waals surface area contributed by atoms with Crippen LogP contribution < -0.4 is 4.74 Å². The van der Waals surface area contributed by atoms with Crippen molar-refractivity contribution in [1.29, 1.82) is 0 Å². The molecule has 0 aliphatic carbocycles. The summed E-state index contributed by atoms with van der Waals surface area (Å²) < 4.78 is 5.56. The molecule has 16 heavy (non-hydrogen) atoms. The van der Waals surface area contributed by atoms with Gasteiger partial charge in [0.1, 0.15) is 16.7 Å². The molecule has 0 fully saturated rings. The van der Waals surface area contributed by atoms with Gasteiger partial charge in [0.25, 0.3) is 0 Å². The van der Waals surface area contributed by atoms with Crippen LogP contribution in [0.2, 0.25) is 5.15 Å². The highest BCUT2D eigenvalue weighted by molar-refractivity contribution is 6.29. The summed E-state index contributed by atoms with van der Waals surface area (Å²) in [4.78, 5) is 8.10. The van der Waals surface area contributed by atoms with Crippen molar-refractivity contribution in [1.82, 2.24) is 9.97 Å². The molecule has 1 aromatic heterocycles. The minimum absolute atomic E-state index is 0.384. The lowest BCUT2D eigenvalue weighted by molar-refractivity contribution is 0.459. The number of hydrogen-bond acceptors (Lipinski definition) is 3. The van der Waals surface area contributed by atoms with Crippen molar-refractivity contribution in [2.45, 2.75) is 13.8 Å². The summed E-state index contributed by atoms with van der Waals surface area (Å²) >= 11 is 5.81. The highest BCUT2D eigenvalue weighted by atomic mass is 35.5. The van der Waals surface area contributed by atoms with E-state index in [1.54, 1.807) is 13.0 Å². The number of aryl methyl sites for hydroxylation is 2. The number of nitrogens with zero attached hydrogens (tertiary/aromatic N) is 2. The first-order chi connectivity index (χ1) is 7.63. The van der Waals surface area contributed by atoms with E-state index in [0.29, 0.717) is 16.9 Å². The molecular weight excluding hydrogens is 224 g/mol. The summed E-state index contributed by atoms with van der Waals surface area (Å²) in [5, 5.41) is 0.384. The Balaban J connectivity index is 2.23. The molecule has 0 aliphatic heterocycles. The molecule has 0 N–H and O–H groups in total. The lowest BCUT2D eigenvalue weighted by Crippen LogP contribution is -1.93. The van der Waals surface area contributed by atoms with E-state index in [1.165, 1.54) is 5.56 Å². The Hall–Kier alpha value is -1.61. The van der Waals surface area contributed by atoms with Crippen LogP contribution in [0.5, 0.6) is 11.6 Å². The summed E-state index contributed by atoms with van der Waals surface area (Å²) in [6, 6.07) is 9.33. The third-order valence-corrected chi connectivity index (χ3v) is 2.22. The summed E-state index contributed by atoms with van der Waals surface area (Å²) in [7, 11) is 0. The first-order valence-corrected chi connectivity index (χ1v) is 5.27. The SMILES string of the molecule is Cc1ccc(Oc2cc(Cl)nc(C)n2)cc1. The Kier molecular flexibility index (Phi) is 3.06. The minimum atomic E-state index is 0.384. The van der Waals surface area contributed by atoms with Gasteiger partial charge >= 0.3 is 0 Å². The molecule has 0 saturated carbocycles. The molecule has 0 radical (unpaired) electrons. The Morgan fingerprint density at radius 3 is 2.38 bits per heavy atom. The number of halogens is 1. The maximum atomic E-state index is 5.81. The summed E-state index contributed by atoms with van der Waals surface area (Å²) in [5.74, 6) is 1.79. The fourth-order valence-electron chi connectivity index (χ4n) is 1.28. The second kappa shape index (κ2) is 4.49. The van der Waals surface area contributed by atoms with Crippen LogP contribution >= 0.6 is 11.6 Å². The van der Waals surface area contributed by atoms with Gasteiger partial charge in [0.15, 0.2) is 0 Å². The van der Waals surface area contributed by atoms with Gasteiger partial charge in [-0.05, 0) is 26.0 Å². The summed E-state index contributed by atoms with van der Waals surface area (Å²) in [6.07, 6.45) is 0. The van der Waals surface area contributed by atoms with Gasteiger partial charge in [-0.3, -0.25) is 0 Å². The Bertz CT molecular complexity index is 477. The van der Waals surface area contributed by atoms with E-state index < -0.39 is 0 Å². The Morgan fingerprint density at radius 1 is 1.06 bits per heavy atom. The molecule has 0 aliphatic rings. The molecule has 1 heterocycles. The van der Waals surface area contributed by atoms with Gasteiger partial charge in [0, 0.05) is 6.07 Å². The fraction of sp³-hybridized carbons (Fsp3) is 0.167. The number of ether oxygens (including phenoxy) is 1. The fourth-order valence-corrected chi connectivity index (χ4v) is 1.50. The molecule has 0 unspecified atom stereocenters. The van der Waals surface area contributed by atoms with Gasteiger partial charge in [0.05, 0.1) is 0 Å². The maximum absolute atomic E-state index is 5.81. The third-order valence-electron chi connectivity index (χ3n) is 2.03. The Morgan fingerprint density at radius 2 is 1.75 bits per heavy atom. The number of aromatic nitrogens is 2. The van der Waals surface area contributed by atoms with Gasteiger partial charge in [0.2, 0.25) is 5.88 Å². The van der Waals surface area contributed by atoms with Crippen LogP contribution in [0.1, 0.15) is 11.4 Å². The molecule has 0 saturated heterocycles. The topological polar surface area (TPSA) is 35.0 Å². The van der Waals surface area contributed by atoms with E-state index in [1.807, 2.05) is 31.2 Å². The number of hydrogen-bond donors (Lipinski definition) is 0. The molecule has 0 amide bonds. The van der Waals surface area contributed by atoms with Crippen molar-refractivity contribution < 1.29 is 4.74 Å². The van der Waals surface area contributed by atoms with Crippen LogP contribution in [0.3, 0.4) is 0 Å². The lowest BCUT2D eigenvalue weighted by atomic mass is 10.2. The zero-order valence-corrected chi connectivity index (χ0v) is 9.82. The van der Waals surface area contributed by atoms with Gasteiger partial charge in [-0.25, -0.2) is 4.98 Å². The van der Waals surface area contributed by atoms with Crippen LogP contribution in [-0.2, 0) is 0 Å². The minimum Gasteiger partial charge on any atom is -0.439 e. The third kappa shape index (κ3) is 2.70. The number of rotatable bonds is 2.